The second-order valence-corrected chi connectivity index (χ2v) is 29.2. The molecule has 0 radical (unpaired) electrons. The zero-order chi connectivity index (χ0) is 66.0. The Morgan fingerprint density at radius 1 is 0.780 bits per heavy atom. The van der Waals surface area contributed by atoms with Crippen molar-refractivity contribution >= 4 is 92.2 Å². The molecule has 2 aliphatic heterocycles. The number of nitrogen functional groups attached to an aromatic ring is 1. The first-order valence-electron chi connectivity index (χ1n) is 28.7. The molecule has 30 heteroatoms. The minimum atomic E-state index is -4.62. The lowest BCUT2D eigenvalue weighted by Crippen LogP contribution is -2.42. The third-order valence-electron chi connectivity index (χ3n) is 16.0. The van der Waals surface area contributed by atoms with E-state index in [0.29, 0.717) is 106 Å². The molecule has 2 aromatic heterocycles. The summed E-state index contributed by atoms with van der Waals surface area (Å²) in [6.07, 6.45) is 11.2. The molecule has 0 saturated carbocycles. The van der Waals surface area contributed by atoms with Crippen LogP contribution in [0.25, 0.3) is 11.2 Å². The number of H-pyrrole nitrogens is 1. The van der Waals surface area contributed by atoms with Crippen LogP contribution in [0.5, 0.6) is 5.75 Å². The van der Waals surface area contributed by atoms with Crippen LogP contribution >= 0.6 is 0 Å². The number of unbranched alkanes of at least 4 members (excludes halogenated alkanes) is 2. The van der Waals surface area contributed by atoms with E-state index in [1.165, 1.54) is 42.6 Å². The maximum absolute atomic E-state index is 13.5. The minimum Gasteiger partial charge on any atom is -0.480 e. The van der Waals surface area contributed by atoms with E-state index < -0.39 is 86.3 Å². The smallest absolute Gasteiger partial charge is 0.326 e. The number of aliphatic carboxylic acids is 1. The number of hydrogen-bond acceptors (Lipinski definition) is 18. The van der Waals surface area contributed by atoms with E-state index in [9.17, 15) is 71.4 Å². The van der Waals surface area contributed by atoms with Crippen LogP contribution in [0.2, 0.25) is 0 Å². The van der Waals surface area contributed by atoms with E-state index in [0.717, 1.165) is 0 Å². The number of rotatable bonds is 25. The van der Waals surface area contributed by atoms with Gasteiger partial charge in [-0.05, 0) is 154 Å². The van der Waals surface area contributed by atoms with Crippen LogP contribution in [-0.4, -0.2) is 130 Å². The van der Waals surface area contributed by atoms with Crippen molar-refractivity contribution in [3.63, 3.8) is 0 Å². The highest BCUT2D eigenvalue weighted by molar-refractivity contribution is 7.86. The molecule has 482 valence electrons. The fourth-order valence-electron chi connectivity index (χ4n) is 11.4. The third-order valence-corrected chi connectivity index (χ3v) is 19.4. The van der Waals surface area contributed by atoms with Crippen molar-refractivity contribution in [1.29, 1.82) is 0 Å². The standard InChI is InChI=1S/C61H67N9O17S4/c1-60(2)46-33-44(90(81,82)83)22-24-49(46)69(28-5-7-30-88(75,76)77)51(60)26-16-38-10-9-11-39(17-27-52-61(3,4)47-34-45(91(84,85)86)23-25-50(47)70(52)29-6-8-31-89(78,79)80)54(38)87-43-20-12-37(13-21-43)32-48(58(73)74)66-56(71)40-14-18-41(19-15-40)63-35-42-36-64-55-53(65-42)57(72)68-59(62)67-55/h12-27,33-34,36,48H,5-11,28-32,35H2,1-4H3,(H9-,62,63,64,66,67,68,71,72,73,74,75,76,77,78,79,80,81,82,83,84,85,86)/p+1/t48-/m1/s1. The van der Waals surface area contributed by atoms with Gasteiger partial charge in [0.2, 0.25) is 11.6 Å². The molecule has 6 aromatic rings. The fourth-order valence-corrected chi connectivity index (χ4v) is 13.6. The average Bonchev–Trinajstić information content (AvgIpc) is 1.60. The van der Waals surface area contributed by atoms with Gasteiger partial charge in [0.15, 0.2) is 16.9 Å². The Kier molecular flexibility index (Phi) is 19.4. The van der Waals surface area contributed by atoms with Crippen LogP contribution in [0, 0.1) is 0 Å². The van der Waals surface area contributed by atoms with E-state index in [1.807, 2.05) is 61.5 Å². The van der Waals surface area contributed by atoms with Gasteiger partial charge < -0.3 is 31.1 Å². The Hall–Kier alpha value is -8.49. The Balaban J connectivity index is 1.02. The first-order valence-corrected chi connectivity index (χ1v) is 34.8. The molecule has 1 amide bonds. The van der Waals surface area contributed by atoms with E-state index in [2.05, 4.69) is 30.6 Å². The number of aromatic nitrogens is 4. The number of aromatic amines is 1. The van der Waals surface area contributed by atoms with Crippen molar-refractivity contribution < 1.29 is 75.9 Å². The van der Waals surface area contributed by atoms with E-state index >= 15 is 0 Å². The van der Waals surface area contributed by atoms with E-state index in [1.54, 1.807) is 48.5 Å². The summed E-state index contributed by atoms with van der Waals surface area (Å²) in [4.78, 5) is 54.6. The first-order chi connectivity index (χ1) is 42.7. The van der Waals surface area contributed by atoms with Crippen LogP contribution in [-0.2, 0) is 69.1 Å². The third kappa shape index (κ3) is 16.0. The molecule has 9 rings (SSSR count). The highest BCUT2D eigenvalue weighted by Crippen LogP contribution is 2.49. The van der Waals surface area contributed by atoms with Gasteiger partial charge in [-0.2, -0.15) is 43.2 Å². The molecule has 1 aliphatic carbocycles. The number of benzene rings is 4. The second kappa shape index (κ2) is 26.4. The maximum Gasteiger partial charge on any atom is 0.326 e. The number of carboxylic acid groups (broad SMARTS) is 1. The molecule has 4 heterocycles. The van der Waals surface area contributed by atoms with Crippen molar-refractivity contribution in [1.82, 2.24) is 25.3 Å². The van der Waals surface area contributed by atoms with Gasteiger partial charge in [-0.25, -0.2) is 14.8 Å². The average molecular weight is 1330 g/mol. The Bertz CT molecular complexity index is 4580. The maximum atomic E-state index is 13.5. The first kappa shape index (κ1) is 66.9. The SMILES string of the molecule is CC1(C)C(/C=C/C2=C(Oc3ccc(C[C@@H](NC(=O)c4ccc(NCc5cnc6nc(N)[nH]c(=O)c6n5)cc4)C(=O)O)cc3)C(=C/C=C3/N(CCCCS(=O)(=O)O)c4ccc(S(=O)(=O)O)cc4C3(C)C)/CCC2)=[N+](CCCCS(=O)(=O)O)c2ccc(S(=O)(=O)O)cc21. The summed E-state index contributed by atoms with van der Waals surface area (Å²) in [7, 11) is -17.8. The number of hydrogen-bond donors (Lipinski definition) is 9. The molecule has 26 nitrogen and oxygen atoms in total. The summed E-state index contributed by atoms with van der Waals surface area (Å²) in [5.74, 6) is -2.23. The Morgan fingerprint density at radius 3 is 2.08 bits per heavy atom. The van der Waals surface area contributed by atoms with E-state index in [-0.39, 0.29) is 71.4 Å². The van der Waals surface area contributed by atoms with Crippen LogP contribution in [0.15, 0.2) is 153 Å². The van der Waals surface area contributed by atoms with Crippen molar-refractivity contribution in [2.45, 2.75) is 112 Å². The summed E-state index contributed by atoms with van der Waals surface area (Å²) in [6.45, 7) is 8.18. The van der Waals surface area contributed by atoms with Gasteiger partial charge in [0.25, 0.3) is 51.9 Å². The summed E-state index contributed by atoms with van der Waals surface area (Å²) >= 11 is 0. The number of carbonyl (C=O) groups is 2. The molecule has 0 fully saturated rings. The van der Waals surface area contributed by atoms with Crippen molar-refractivity contribution in [3.05, 3.63) is 176 Å². The van der Waals surface area contributed by atoms with Crippen molar-refractivity contribution in [2.75, 3.05) is 40.5 Å². The van der Waals surface area contributed by atoms with Crippen molar-refractivity contribution in [2.24, 2.45) is 0 Å². The fraction of sp³-hybridized carbons (Fsp3) is 0.328. The van der Waals surface area contributed by atoms with Crippen LogP contribution in [0.1, 0.15) is 105 Å². The lowest BCUT2D eigenvalue weighted by Gasteiger charge is -2.27. The normalized spacial score (nSPS) is 17.0. The number of nitrogens with two attached hydrogens (primary N) is 1. The minimum absolute atomic E-state index is 0.0126. The molecule has 91 heavy (non-hydrogen) atoms. The molecule has 3 aliphatic rings. The number of amides is 1. The molecular weight excluding hydrogens is 1260 g/mol. The summed E-state index contributed by atoms with van der Waals surface area (Å²) in [5.41, 5.74) is 10.2. The molecule has 0 unspecified atom stereocenters. The number of ether oxygens (including phenoxy) is 1. The number of nitrogens with zero attached hydrogens (tertiary/aromatic N) is 5. The topological polar surface area (TPSA) is 409 Å². The number of anilines is 3. The Morgan fingerprint density at radius 2 is 1.43 bits per heavy atom. The van der Waals surface area contributed by atoms with Gasteiger partial charge in [0.05, 0.1) is 45.1 Å². The zero-order valence-corrected chi connectivity index (χ0v) is 53.1. The van der Waals surface area contributed by atoms with Gasteiger partial charge in [0, 0.05) is 65.1 Å². The van der Waals surface area contributed by atoms with Gasteiger partial charge in [0.1, 0.15) is 24.1 Å². The number of carbonyl (C=O) groups excluding carboxylic acids is 1. The predicted molar refractivity (Wildman–Crippen MR) is 339 cm³/mol. The molecule has 1 atom stereocenters. The van der Waals surface area contributed by atoms with Gasteiger partial charge in [-0.15, -0.1) is 0 Å². The molecule has 0 saturated heterocycles. The zero-order valence-electron chi connectivity index (χ0n) is 49.8. The number of fused-ring (bicyclic) bond motifs is 3. The highest BCUT2D eigenvalue weighted by Gasteiger charge is 2.45. The number of allylic oxidation sites excluding steroid dienone is 7. The van der Waals surface area contributed by atoms with Crippen LogP contribution < -0.4 is 31.6 Å². The van der Waals surface area contributed by atoms with Crippen LogP contribution in [0.4, 0.5) is 23.0 Å². The van der Waals surface area contributed by atoms with Gasteiger partial charge >= 0.3 is 5.97 Å². The highest BCUT2D eigenvalue weighted by atomic mass is 32.2. The Labute approximate surface area is 525 Å². The molecule has 10 N–H and O–H groups in total. The number of carboxylic acids is 1. The largest absolute Gasteiger partial charge is 0.480 e. The quantitative estimate of drug-likeness (QED) is 0.0155. The predicted octanol–water partition coefficient (Wildman–Crippen LogP) is 7.22. The molecular formula is C61H68N9O17S4+. The summed E-state index contributed by atoms with van der Waals surface area (Å²) < 4.78 is 144. The molecule has 0 spiro atoms. The molecule has 4 aromatic carbocycles. The van der Waals surface area contributed by atoms with Gasteiger partial charge in [-0.1, -0.05) is 32.1 Å². The lowest BCUT2D eigenvalue weighted by atomic mass is 9.81. The monoisotopic (exact) mass is 1330 g/mol. The molecule has 0 bridgehead atoms. The van der Waals surface area contributed by atoms with Crippen LogP contribution in [0.3, 0.4) is 0 Å². The summed E-state index contributed by atoms with van der Waals surface area (Å²) in [6, 6.07) is 20.0. The van der Waals surface area contributed by atoms with Crippen molar-refractivity contribution in [3.8, 4) is 5.75 Å². The van der Waals surface area contributed by atoms with Gasteiger partial charge in [-0.3, -0.25) is 32.8 Å². The summed E-state index contributed by atoms with van der Waals surface area (Å²) in [5, 5.41) is 16.1. The number of nitrogens with one attached hydrogen (secondary N) is 3. The second-order valence-electron chi connectivity index (χ2n) is 23.2. The lowest BCUT2D eigenvalue weighted by molar-refractivity contribution is -0.438. The van der Waals surface area contributed by atoms with E-state index in [4.69, 9.17) is 10.5 Å².